The van der Waals surface area contributed by atoms with Crippen molar-refractivity contribution in [3.63, 3.8) is 0 Å². The molecular formula is C8H3BaF17O3S. The van der Waals surface area contributed by atoms with Crippen molar-refractivity contribution in [2.45, 2.75) is 47.0 Å². The van der Waals surface area contributed by atoms with Crippen molar-refractivity contribution in [1.29, 1.82) is 0 Å². The first kappa shape index (κ1) is 32.5. The van der Waals surface area contributed by atoms with Crippen molar-refractivity contribution in [3.8, 4) is 0 Å². The Morgan fingerprint density at radius 3 is 0.833 bits per heavy atom. The Labute approximate surface area is 192 Å². The fraction of sp³-hybridized carbons (Fsp3) is 1.00. The molecule has 0 spiro atoms. The van der Waals surface area contributed by atoms with E-state index in [9.17, 15) is 83.1 Å². The number of halogens is 17. The van der Waals surface area contributed by atoms with Crippen LogP contribution >= 0.6 is 0 Å². The first-order chi connectivity index (χ1) is 12.0. The zero-order chi connectivity index (χ0) is 24.5. The molecule has 0 fully saturated rings. The van der Waals surface area contributed by atoms with Gasteiger partial charge in [0, 0.05) is 0 Å². The van der Waals surface area contributed by atoms with Crippen molar-refractivity contribution in [1.82, 2.24) is 0 Å². The van der Waals surface area contributed by atoms with E-state index in [0.717, 1.165) is 0 Å². The van der Waals surface area contributed by atoms with Crippen LogP contribution in [0.15, 0.2) is 0 Å². The molecule has 0 heterocycles. The van der Waals surface area contributed by atoms with Gasteiger partial charge in [-0.15, -0.1) is 0 Å². The van der Waals surface area contributed by atoms with Gasteiger partial charge in [0.2, 0.25) is 0 Å². The summed E-state index contributed by atoms with van der Waals surface area (Å²) in [6.45, 7) is 0. The summed E-state index contributed by atoms with van der Waals surface area (Å²) >= 11 is 0. The summed E-state index contributed by atoms with van der Waals surface area (Å²) < 4.78 is 242. The molecule has 22 heteroatoms. The Hall–Kier alpha value is 0.291. The number of rotatable bonds is 7. The maximum absolute atomic E-state index is 13.0. The van der Waals surface area contributed by atoms with Gasteiger partial charge in [0.1, 0.15) is 0 Å². The van der Waals surface area contributed by atoms with E-state index in [0.29, 0.717) is 0 Å². The molecule has 0 aliphatic heterocycles. The summed E-state index contributed by atoms with van der Waals surface area (Å²) in [5, 5.41) is -7.84. The van der Waals surface area contributed by atoms with Gasteiger partial charge in [0.05, 0.1) is 0 Å². The van der Waals surface area contributed by atoms with E-state index in [1.807, 2.05) is 0 Å². The summed E-state index contributed by atoms with van der Waals surface area (Å²) in [5.41, 5.74) is 0. The zero-order valence-electron chi connectivity index (χ0n) is 12.1. The second kappa shape index (κ2) is 7.95. The maximum atomic E-state index is 13.0. The fourth-order valence-electron chi connectivity index (χ4n) is 1.31. The van der Waals surface area contributed by atoms with Crippen LogP contribution in [-0.4, -0.2) is 109 Å². The first-order valence-electron chi connectivity index (χ1n) is 5.68. The van der Waals surface area contributed by atoms with Crippen molar-refractivity contribution in [2.24, 2.45) is 0 Å². The molecule has 0 amide bonds. The van der Waals surface area contributed by atoms with Crippen LogP contribution in [0.3, 0.4) is 0 Å². The van der Waals surface area contributed by atoms with Crippen molar-refractivity contribution in [3.05, 3.63) is 0 Å². The van der Waals surface area contributed by atoms with Crippen LogP contribution < -0.4 is 0 Å². The second-order valence-corrected chi connectivity index (χ2v) is 6.40. The summed E-state index contributed by atoms with van der Waals surface area (Å²) in [4.78, 5) is 0. The van der Waals surface area contributed by atoms with Crippen LogP contribution in [0.25, 0.3) is 0 Å². The predicted molar refractivity (Wildman–Crippen MR) is 60.8 cm³/mol. The van der Waals surface area contributed by atoms with Gasteiger partial charge in [-0.1, -0.05) is 0 Å². The molecule has 180 valence electrons. The van der Waals surface area contributed by atoms with Gasteiger partial charge in [-0.3, -0.25) is 4.55 Å². The molecule has 0 aromatic rings. The SMILES string of the molecule is O=S(=O)(O)C(F)(F)C(F)(F)C(F)(F)C(F)(F)C(F)(F)C(F)(F)C(F)(F)C(F)(F)F.[BaH2]. The van der Waals surface area contributed by atoms with Gasteiger partial charge in [-0.2, -0.15) is 83.1 Å². The zero-order valence-corrected chi connectivity index (χ0v) is 12.9. The van der Waals surface area contributed by atoms with Gasteiger partial charge in [-0.05, 0) is 0 Å². The molecule has 1 N–H and O–H groups in total. The summed E-state index contributed by atoms with van der Waals surface area (Å²) in [7, 11) is -7.89. The Morgan fingerprint density at radius 2 is 0.633 bits per heavy atom. The molecule has 0 aromatic heterocycles. The van der Waals surface area contributed by atoms with Crippen molar-refractivity contribution in [2.75, 3.05) is 0 Å². The summed E-state index contributed by atoms with van der Waals surface area (Å²) in [6.07, 6.45) is -7.88. The Kier molecular flexibility index (Phi) is 8.61. The minimum absolute atomic E-state index is 0. The van der Waals surface area contributed by atoms with Crippen molar-refractivity contribution < 1.29 is 87.6 Å². The number of hydrogen-bond acceptors (Lipinski definition) is 2. The molecule has 0 unspecified atom stereocenters. The minimum atomic E-state index is -8.89. The molecule has 0 aliphatic rings. The predicted octanol–water partition coefficient (Wildman–Crippen LogP) is 3.92. The van der Waals surface area contributed by atoms with E-state index in [4.69, 9.17) is 4.55 Å². The van der Waals surface area contributed by atoms with Crippen LogP contribution in [-0.2, 0) is 10.1 Å². The summed E-state index contributed by atoms with van der Waals surface area (Å²) in [6, 6.07) is 0. The van der Waals surface area contributed by atoms with Crippen LogP contribution in [0.5, 0.6) is 0 Å². The summed E-state index contributed by atoms with van der Waals surface area (Å²) in [5.74, 6) is -52.0. The molecule has 0 radical (unpaired) electrons. The van der Waals surface area contributed by atoms with E-state index in [2.05, 4.69) is 0 Å². The van der Waals surface area contributed by atoms with Gasteiger partial charge in [-0.25, -0.2) is 0 Å². The molecule has 0 atom stereocenters. The van der Waals surface area contributed by atoms with Crippen LogP contribution in [0, 0.1) is 0 Å². The molecule has 0 aliphatic carbocycles. The average Bonchev–Trinajstić information content (AvgIpc) is 2.43. The van der Waals surface area contributed by atoms with Gasteiger partial charge in [0.25, 0.3) is 0 Å². The quantitative estimate of drug-likeness (QED) is 0.261. The van der Waals surface area contributed by atoms with Crippen molar-refractivity contribution >= 4 is 59.0 Å². The third-order valence-electron chi connectivity index (χ3n) is 3.02. The molecular weight excluding hydrogens is 636 g/mol. The van der Waals surface area contributed by atoms with Crippen LogP contribution in [0.4, 0.5) is 74.6 Å². The second-order valence-electron chi connectivity index (χ2n) is 4.94. The van der Waals surface area contributed by atoms with E-state index in [1.165, 1.54) is 0 Å². The number of hydrogen-bond donors (Lipinski definition) is 1. The molecule has 0 bridgehead atoms. The van der Waals surface area contributed by atoms with E-state index >= 15 is 0 Å². The van der Waals surface area contributed by atoms with Crippen LogP contribution in [0.2, 0.25) is 0 Å². The molecule has 0 rings (SSSR count). The molecule has 3 nitrogen and oxygen atoms in total. The first-order valence-corrected chi connectivity index (χ1v) is 7.12. The molecule has 0 saturated heterocycles. The van der Waals surface area contributed by atoms with Gasteiger partial charge in [0.15, 0.2) is 0 Å². The third-order valence-corrected chi connectivity index (χ3v) is 3.92. The van der Waals surface area contributed by atoms with E-state index < -0.39 is 57.1 Å². The Bertz CT molecular complexity index is 739. The van der Waals surface area contributed by atoms with E-state index in [-0.39, 0.29) is 48.9 Å². The number of alkyl halides is 17. The topological polar surface area (TPSA) is 54.4 Å². The fourth-order valence-corrected chi connectivity index (χ4v) is 1.76. The van der Waals surface area contributed by atoms with Crippen LogP contribution in [0.1, 0.15) is 0 Å². The standard InChI is InChI=1S/C8HF17O3S.Ba.2H/c9-1(10,3(13,14)5(17,18)7(21,22)23)2(11,12)4(15,16)6(19,20)8(24,25)29(26,27)28;;;/h(H,26,27,28);;;. The average molecular weight is 639 g/mol. The van der Waals surface area contributed by atoms with Gasteiger partial charge >= 0.3 is 106 Å². The molecule has 0 saturated carbocycles. The Balaban J connectivity index is 0. The van der Waals surface area contributed by atoms with Gasteiger partial charge < -0.3 is 0 Å². The Morgan fingerprint density at radius 1 is 0.433 bits per heavy atom. The molecule has 0 aromatic carbocycles. The van der Waals surface area contributed by atoms with E-state index in [1.54, 1.807) is 0 Å². The third kappa shape index (κ3) is 4.03. The normalized spacial score (nSPS) is 16.3. The monoisotopic (exact) mass is 640 g/mol. The molecule has 30 heavy (non-hydrogen) atoms.